The maximum atomic E-state index is 11.9. The van der Waals surface area contributed by atoms with Crippen molar-refractivity contribution in [2.24, 2.45) is 0 Å². The van der Waals surface area contributed by atoms with E-state index >= 15 is 0 Å². The van der Waals surface area contributed by atoms with E-state index in [0.29, 0.717) is 19.7 Å². The third-order valence-corrected chi connectivity index (χ3v) is 4.85. The summed E-state index contributed by atoms with van der Waals surface area (Å²) in [6.45, 7) is 1.48. The van der Waals surface area contributed by atoms with Crippen molar-refractivity contribution in [1.29, 1.82) is 0 Å². The monoisotopic (exact) mass is 368 g/mol. The molecule has 27 heavy (non-hydrogen) atoms. The average Bonchev–Trinajstić information content (AvgIpc) is 2.71. The Hall–Kier alpha value is -2.69. The summed E-state index contributed by atoms with van der Waals surface area (Å²) < 4.78 is 11.1. The molecule has 2 aromatic rings. The maximum Gasteiger partial charge on any atom is 0.314 e. The van der Waals surface area contributed by atoms with Crippen molar-refractivity contribution in [1.82, 2.24) is 10.6 Å². The summed E-state index contributed by atoms with van der Waals surface area (Å²) in [5.41, 5.74) is 3.93. The molecule has 144 valence electrons. The molecule has 0 bridgehead atoms. The topological polar surface area (TPSA) is 59.6 Å². The number of hydrogen-bond acceptors (Lipinski definition) is 3. The van der Waals surface area contributed by atoms with Gasteiger partial charge in [-0.3, -0.25) is 0 Å². The number of rotatable bonds is 8. The van der Waals surface area contributed by atoms with Gasteiger partial charge in [0, 0.05) is 6.54 Å². The summed E-state index contributed by atoms with van der Waals surface area (Å²) in [5.74, 6) is 1.73. The van der Waals surface area contributed by atoms with Gasteiger partial charge in [0.25, 0.3) is 0 Å². The molecule has 0 fully saturated rings. The van der Waals surface area contributed by atoms with Crippen molar-refractivity contribution >= 4 is 6.03 Å². The largest absolute Gasteiger partial charge is 0.496 e. The van der Waals surface area contributed by atoms with Gasteiger partial charge >= 0.3 is 6.03 Å². The fraction of sp³-hybridized carbons (Fsp3) is 0.409. The van der Waals surface area contributed by atoms with Crippen molar-refractivity contribution in [3.63, 3.8) is 0 Å². The van der Waals surface area contributed by atoms with E-state index < -0.39 is 0 Å². The Morgan fingerprint density at radius 1 is 1.00 bits per heavy atom. The van der Waals surface area contributed by atoms with Gasteiger partial charge in [0.05, 0.1) is 13.7 Å². The van der Waals surface area contributed by atoms with E-state index in [1.54, 1.807) is 7.11 Å². The van der Waals surface area contributed by atoms with E-state index in [9.17, 15) is 4.79 Å². The van der Waals surface area contributed by atoms with Gasteiger partial charge < -0.3 is 20.1 Å². The van der Waals surface area contributed by atoms with Gasteiger partial charge in [-0.25, -0.2) is 4.79 Å². The maximum absolute atomic E-state index is 11.9. The zero-order chi connectivity index (χ0) is 18.9. The quantitative estimate of drug-likeness (QED) is 0.701. The van der Waals surface area contributed by atoms with Crippen LogP contribution in [0.25, 0.3) is 0 Å². The summed E-state index contributed by atoms with van der Waals surface area (Å²) in [5, 5.41) is 5.68. The lowest BCUT2D eigenvalue weighted by Crippen LogP contribution is -2.38. The summed E-state index contributed by atoms with van der Waals surface area (Å²) in [7, 11) is 1.65. The van der Waals surface area contributed by atoms with Crippen LogP contribution in [0, 0.1) is 0 Å². The molecule has 5 nitrogen and oxygen atoms in total. The van der Waals surface area contributed by atoms with Crippen molar-refractivity contribution in [2.45, 2.75) is 32.1 Å². The highest BCUT2D eigenvalue weighted by Crippen LogP contribution is 2.25. The van der Waals surface area contributed by atoms with Crippen molar-refractivity contribution in [3.8, 4) is 11.5 Å². The standard InChI is InChI=1S/C22H28N2O3/c1-26-21-9-5-4-7-18(21)12-13-23-22(25)24-14-15-27-20-11-10-17-6-2-3-8-19(17)16-20/h4-5,7,9-11,16H,2-3,6,8,12-15H2,1H3,(H2,23,24,25). The Bertz CT molecular complexity index is 761. The lowest BCUT2D eigenvalue weighted by Gasteiger charge is -2.17. The Labute approximate surface area is 161 Å². The van der Waals surface area contributed by atoms with Crippen LogP contribution in [0.4, 0.5) is 4.79 Å². The summed E-state index contributed by atoms with van der Waals surface area (Å²) in [6.07, 6.45) is 5.57. The van der Waals surface area contributed by atoms with E-state index in [1.807, 2.05) is 30.3 Å². The van der Waals surface area contributed by atoms with Gasteiger partial charge in [-0.15, -0.1) is 0 Å². The number of methoxy groups -OCH3 is 1. The van der Waals surface area contributed by atoms with E-state index in [4.69, 9.17) is 9.47 Å². The molecule has 0 saturated heterocycles. The zero-order valence-corrected chi connectivity index (χ0v) is 15.9. The minimum atomic E-state index is -0.182. The van der Waals surface area contributed by atoms with Gasteiger partial charge in [-0.2, -0.15) is 0 Å². The minimum absolute atomic E-state index is 0.182. The summed E-state index contributed by atoms with van der Waals surface area (Å²) >= 11 is 0. The molecule has 5 heteroatoms. The normalized spacial score (nSPS) is 12.8. The van der Waals surface area contributed by atoms with E-state index in [2.05, 4.69) is 22.8 Å². The number of urea groups is 1. The molecule has 0 atom stereocenters. The summed E-state index contributed by atoms with van der Waals surface area (Å²) in [6, 6.07) is 14.0. The highest BCUT2D eigenvalue weighted by molar-refractivity contribution is 5.73. The first-order chi connectivity index (χ1) is 13.3. The molecule has 0 saturated carbocycles. The number of amides is 2. The molecule has 0 aromatic heterocycles. The second-order valence-electron chi connectivity index (χ2n) is 6.73. The number of para-hydroxylation sites is 1. The molecule has 0 unspecified atom stereocenters. The van der Waals surface area contributed by atoms with Crippen LogP contribution in [0.15, 0.2) is 42.5 Å². The molecule has 1 aliphatic carbocycles. The SMILES string of the molecule is COc1ccccc1CCNC(=O)NCCOc1ccc2c(c1)CCCC2. The minimum Gasteiger partial charge on any atom is -0.496 e. The van der Waals surface area contributed by atoms with Crippen LogP contribution in [0.3, 0.4) is 0 Å². The molecular weight excluding hydrogens is 340 g/mol. The molecule has 0 spiro atoms. The van der Waals surface area contributed by atoms with Gasteiger partial charge in [-0.1, -0.05) is 24.3 Å². The van der Waals surface area contributed by atoms with Gasteiger partial charge in [0.2, 0.25) is 0 Å². The van der Waals surface area contributed by atoms with Crippen LogP contribution < -0.4 is 20.1 Å². The smallest absolute Gasteiger partial charge is 0.314 e. The number of carbonyl (C=O) groups is 1. The predicted octanol–water partition coefficient (Wildman–Crippen LogP) is 3.49. The van der Waals surface area contributed by atoms with E-state index in [1.165, 1.54) is 30.4 Å². The predicted molar refractivity (Wildman–Crippen MR) is 107 cm³/mol. The molecule has 0 radical (unpaired) electrons. The van der Waals surface area contributed by atoms with Crippen molar-refractivity contribution < 1.29 is 14.3 Å². The molecule has 0 heterocycles. The highest BCUT2D eigenvalue weighted by Gasteiger charge is 2.10. The first kappa shape index (κ1) is 19.1. The van der Waals surface area contributed by atoms with Gasteiger partial charge in [-0.05, 0) is 67.0 Å². The van der Waals surface area contributed by atoms with Crippen LogP contribution in [0.5, 0.6) is 11.5 Å². The van der Waals surface area contributed by atoms with Crippen LogP contribution >= 0.6 is 0 Å². The number of hydrogen-bond donors (Lipinski definition) is 2. The molecule has 1 aliphatic rings. The highest BCUT2D eigenvalue weighted by atomic mass is 16.5. The number of ether oxygens (including phenoxy) is 2. The Morgan fingerprint density at radius 3 is 2.63 bits per heavy atom. The molecular formula is C22H28N2O3. The van der Waals surface area contributed by atoms with Gasteiger partial charge in [0.1, 0.15) is 18.1 Å². The molecule has 0 aliphatic heterocycles. The molecule has 3 rings (SSSR count). The van der Waals surface area contributed by atoms with Crippen LogP contribution in [-0.2, 0) is 19.3 Å². The zero-order valence-electron chi connectivity index (χ0n) is 15.9. The Balaban J connectivity index is 1.33. The Kier molecular flexibility index (Phi) is 6.97. The van der Waals surface area contributed by atoms with E-state index in [-0.39, 0.29) is 6.03 Å². The Morgan fingerprint density at radius 2 is 1.78 bits per heavy atom. The number of carbonyl (C=O) groups excluding carboxylic acids is 1. The third-order valence-electron chi connectivity index (χ3n) is 4.85. The number of aryl methyl sites for hydroxylation is 2. The number of benzene rings is 2. The van der Waals surface area contributed by atoms with Crippen LogP contribution in [0.2, 0.25) is 0 Å². The third kappa shape index (κ3) is 5.64. The second kappa shape index (κ2) is 9.86. The fourth-order valence-corrected chi connectivity index (χ4v) is 3.42. The number of nitrogens with one attached hydrogen (secondary N) is 2. The van der Waals surface area contributed by atoms with E-state index in [0.717, 1.165) is 29.9 Å². The molecule has 2 N–H and O–H groups in total. The lowest BCUT2D eigenvalue weighted by atomic mass is 9.92. The van der Waals surface area contributed by atoms with Gasteiger partial charge in [0.15, 0.2) is 0 Å². The van der Waals surface area contributed by atoms with Crippen molar-refractivity contribution in [2.75, 3.05) is 26.8 Å². The number of fused-ring (bicyclic) bond motifs is 1. The fourth-order valence-electron chi connectivity index (χ4n) is 3.42. The van der Waals surface area contributed by atoms with Crippen LogP contribution in [-0.4, -0.2) is 32.8 Å². The lowest BCUT2D eigenvalue weighted by molar-refractivity contribution is 0.236. The molecule has 2 amide bonds. The van der Waals surface area contributed by atoms with Crippen LogP contribution in [0.1, 0.15) is 29.5 Å². The average molecular weight is 368 g/mol. The summed E-state index contributed by atoms with van der Waals surface area (Å²) in [4.78, 5) is 11.9. The molecule has 2 aromatic carbocycles. The van der Waals surface area contributed by atoms with Crippen molar-refractivity contribution in [3.05, 3.63) is 59.2 Å². The first-order valence-electron chi connectivity index (χ1n) is 9.64. The second-order valence-corrected chi connectivity index (χ2v) is 6.73. The first-order valence-corrected chi connectivity index (χ1v) is 9.64.